The number of carbonyl (C=O) groups excluding carboxylic acids is 1. The summed E-state index contributed by atoms with van der Waals surface area (Å²) in [6.45, 7) is 2.05. The topological polar surface area (TPSA) is 66.5 Å². The van der Waals surface area contributed by atoms with Gasteiger partial charge in [-0.2, -0.15) is 0 Å². The standard InChI is InChI=1S/C23H28N2O3S/c1-16(21-15-17-12-13-18(21)14-17)24-23(26)20-10-6-7-11-22(20)29(27,28)25(2)19-8-4-3-5-9-19/h3-11,16-18,21H,12-15H2,1-2H3,(H,24,26). The van der Waals surface area contributed by atoms with Crippen LogP contribution in [0.5, 0.6) is 0 Å². The van der Waals surface area contributed by atoms with Crippen LogP contribution in [0.2, 0.25) is 0 Å². The molecule has 6 heteroatoms. The SMILES string of the molecule is CC(NC(=O)c1ccccc1S(=O)(=O)N(C)c1ccccc1)C1CC2CCC1C2. The van der Waals surface area contributed by atoms with Crippen LogP contribution in [0.4, 0.5) is 5.69 Å². The summed E-state index contributed by atoms with van der Waals surface area (Å²) in [7, 11) is -2.35. The smallest absolute Gasteiger partial charge is 0.264 e. The molecule has 2 bridgehead atoms. The van der Waals surface area contributed by atoms with Crippen LogP contribution in [-0.2, 0) is 10.0 Å². The fraction of sp³-hybridized carbons (Fsp3) is 0.435. The monoisotopic (exact) mass is 412 g/mol. The molecule has 0 radical (unpaired) electrons. The molecule has 2 aromatic rings. The molecular weight excluding hydrogens is 384 g/mol. The summed E-state index contributed by atoms with van der Waals surface area (Å²) in [5, 5.41) is 3.09. The predicted octanol–water partition coefficient (Wildman–Crippen LogP) is 4.07. The number of benzene rings is 2. The molecule has 2 aliphatic rings. The molecule has 2 aliphatic carbocycles. The number of para-hydroxylation sites is 1. The zero-order chi connectivity index (χ0) is 20.6. The Bertz CT molecular complexity index is 990. The third-order valence-corrected chi connectivity index (χ3v) is 8.53. The van der Waals surface area contributed by atoms with Crippen LogP contribution in [-0.4, -0.2) is 27.4 Å². The first-order chi connectivity index (χ1) is 13.9. The number of sulfonamides is 1. The van der Waals surface area contributed by atoms with Crippen molar-refractivity contribution in [2.45, 2.75) is 43.5 Å². The first kappa shape index (κ1) is 20.0. The van der Waals surface area contributed by atoms with Crippen LogP contribution >= 0.6 is 0 Å². The van der Waals surface area contributed by atoms with Crippen LogP contribution in [0, 0.1) is 17.8 Å². The number of hydrogen-bond acceptors (Lipinski definition) is 3. The highest BCUT2D eigenvalue weighted by Gasteiger charge is 2.42. The summed E-state index contributed by atoms with van der Waals surface area (Å²) in [4.78, 5) is 13.1. The summed E-state index contributed by atoms with van der Waals surface area (Å²) < 4.78 is 27.7. The fourth-order valence-corrected chi connectivity index (χ4v) is 6.48. The van der Waals surface area contributed by atoms with Crippen molar-refractivity contribution in [3.8, 4) is 0 Å². The van der Waals surface area contributed by atoms with Crippen molar-refractivity contribution in [1.82, 2.24) is 5.32 Å². The molecule has 154 valence electrons. The number of nitrogens with zero attached hydrogens (tertiary/aromatic N) is 1. The van der Waals surface area contributed by atoms with Gasteiger partial charge in [-0.1, -0.05) is 36.8 Å². The van der Waals surface area contributed by atoms with Gasteiger partial charge in [0.05, 0.1) is 11.3 Å². The van der Waals surface area contributed by atoms with Crippen molar-refractivity contribution in [2.75, 3.05) is 11.4 Å². The molecule has 0 aliphatic heterocycles. The minimum Gasteiger partial charge on any atom is -0.349 e. The van der Waals surface area contributed by atoms with Gasteiger partial charge in [-0.15, -0.1) is 0 Å². The third kappa shape index (κ3) is 3.78. The van der Waals surface area contributed by atoms with Crippen molar-refractivity contribution in [1.29, 1.82) is 0 Å². The van der Waals surface area contributed by atoms with E-state index in [9.17, 15) is 13.2 Å². The maximum Gasteiger partial charge on any atom is 0.264 e. The second kappa shape index (κ2) is 7.82. The number of amides is 1. The minimum absolute atomic E-state index is 0.0315. The Morgan fingerprint density at radius 3 is 2.38 bits per heavy atom. The van der Waals surface area contributed by atoms with E-state index in [4.69, 9.17) is 0 Å². The van der Waals surface area contributed by atoms with Gasteiger partial charge < -0.3 is 5.32 Å². The van der Waals surface area contributed by atoms with E-state index in [0.29, 0.717) is 17.5 Å². The quantitative estimate of drug-likeness (QED) is 0.778. The molecule has 0 spiro atoms. The van der Waals surface area contributed by atoms with E-state index >= 15 is 0 Å². The van der Waals surface area contributed by atoms with E-state index in [1.54, 1.807) is 42.5 Å². The van der Waals surface area contributed by atoms with E-state index in [-0.39, 0.29) is 22.4 Å². The van der Waals surface area contributed by atoms with Crippen molar-refractivity contribution < 1.29 is 13.2 Å². The first-order valence-corrected chi connectivity index (χ1v) is 11.8. The van der Waals surface area contributed by atoms with Crippen LogP contribution < -0.4 is 9.62 Å². The Hall–Kier alpha value is -2.34. The molecule has 1 N–H and O–H groups in total. The average molecular weight is 413 g/mol. The van der Waals surface area contributed by atoms with Gasteiger partial charge in [-0.05, 0) is 68.2 Å². The summed E-state index contributed by atoms with van der Waals surface area (Å²) in [6.07, 6.45) is 5.01. The lowest BCUT2D eigenvalue weighted by atomic mass is 9.84. The molecule has 5 nitrogen and oxygen atoms in total. The van der Waals surface area contributed by atoms with E-state index in [1.807, 2.05) is 6.07 Å². The van der Waals surface area contributed by atoms with E-state index < -0.39 is 10.0 Å². The molecule has 1 amide bonds. The minimum atomic E-state index is -3.86. The van der Waals surface area contributed by atoms with Gasteiger partial charge in [0.25, 0.3) is 15.9 Å². The van der Waals surface area contributed by atoms with Crippen LogP contribution in [0.15, 0.2) is 59.5 Å². The Kier molecular flexibility index (Phi) is 5.38. The Morgan fingerprint density at radius 2 is 1.72 bits per heavy atom. The lowest BCUT2D eigenvalue weighted by Crippen LogP contribution is -2.41. The van der Waals surface area contributed by atoms with Crippen molar-refractivity contribution in [3.63, 3.8) is 0 Å². The summed E-state index contributed by atoms with van der Waals surface area (Å²) in [6, 6.07) is 15.4. The molecule has 29 heavy (non-hydrogen) atoms. The van der Waals surface area contributed by atoms with E-state index in [2.05, 4.69) is 12.2 Å². The molecule has 0 saturated heterocycles. The van der Waals surface area contributed by atoms with E-state index in [1.165, 1.54) is 43.1 Å². The van der Waals surface area contributed by atoms with Crippen molar-refractivity contribution >= 4 is 21.6 Å². The highest BCUT2D eigenvalue weighted by atomic mass is 32.2. The van der Waals surface area contributed by atoms with Gasteiger partial charge in [0, 0.05) is 13.1 Å². The Balaban J connectivity index is 1.57. The summed E-state index contributed by atoms with van der Waals surface area (Å²) in [5.74, 6) is 1.67. The van der Waals surface area contributed by atoms with Crippen LogP contribution in [0.3, 0.4) is 0 Å². The predicted molar refractivity (Wildman–Crippen MR) is 114 cm³/mol. The average Bonchev–Trinajstić information content (AvgIpc) is 3.37. The zero-order valence-corrected chi connectivity index (χ0v) is 17.7. The number of rotatable bonds is 6. The number of carbonyl (C=O) groups is 1. The number of fused-ring (bicyclic) bond motifs is 2. The Morgan fingerprint density at radius 1 is 1.03 bits per heavy atom. The van der Waals surface area contributed by atoms with E-state index in [0.717, 1.165) is 5.92 Å². The molecule has 2 aromatic carbocycles. The normalized spacial score (nSPS) is 24.3. The largest absolute Gasteiger partial charge is 0.349 e. The second-order valence-corrected chi connectivity index (χ2v) is 10.3. The number of hydrogen-bond donors (Lipinski definition) is 1. The molecule has 4 unspecified atom stereocenters. The summed E-state index contributed by atoms with van der Waals surface area (Å²) in [5.41, 5.74) is 0.753. The van der Waals surface area contributed by atoms with Gasteiger partial charge in [0.2, 0.25) is 0 Å². The highest BCUT2D eigenvalue weighted by molar-refractivity contribution is 7.92. The molecule has 2 fully saturated rings. The van der Waals surface area contributed by atoms with Gasteiger partial charge in [-0.3, -0.25) is 9.10 Å². The zero-order valence-electron chi connectivity index (χ0n) is 16.9. The maximum atomic E-state index is 13.2. The van der Waals surface area contributed by atoms with Crippen molar-refractivity contribution in [3.05, 3.63) is 60.2 Å². The number of nitrogens with one attached hydrogen (secondary N) is 1. The van der Waals surface area contributed by atoms with Gasteiger partial charge in [0.15, 0.2) is 0 Å². The second-order valence-electron chi connectivity index (χ2n) is 8.41. The first-order valence-electron chi connectivity index (χ1n) is 10.3. The highest BCUT2D eigenvalue weighted by Crippen LogP contribution is 2.49. The molecule has 0 aromatic heterocycles. The van der Waals surface area contributed by atoms with Crippen LogP contribution in [0.25, 0.3) is 0 Å². The maximum absolute atomic E-state index is 13.2. The van der Waals surface area contributed by atoms with Gasteiger partial charge in [0.1, 0.15) is 4.90 Å². The molecule has 4 atom stereocenters. The summed E-state index contributed by atoms with van der Waals surface area (Å²) >= 11 is 0. The molecule has 4 rings (SSSR count). The van der Waals surface area contributed by atoms with Crippen LogP contribution in [0.1, 0.15) is 43.0 Å². The molecular formula is C23H28N2O3S. The molecule has 0 heterocycles. The fourth-order valence-electron chi connectivity index (χ4n) is 5.10. The van der Waals surface area contributed by atoms with Gasteiger partial charge >= 0.3 is 0 Å². The lowest BCUT2D eigenvalue weighted by molar-refractivity contribution is 0.0912. The van der Waals surface area contributed by atoms with Crippen molar-refractivity contribution in [2.24, 2.45) is 17.8 Å². The third-order valence-electron chi connectivity index (χ3n) is 6.68. The molecule has 2 saturated carbocycles. The lowest BCUT2D eigenvalue weighted by Gasteiger charge is -2.29. The Labute approximate surface area is 173 Å². The number of anilines is 1. The van der Waals surface area contributed by atoms with Gasteiger partial charge in [-0.25, -0.2) is 8.42 Å².